The molecule has 0 bridgehead atoms. The lowest BCUT2D eigenvalue weighted by atomic mass is 9.79. The first-order chi connectivity index (χ1) is 8.55. The monoisotopic (exact) mass is 240 g/mol. The maximum Gasteiger partial charge on any atom is 0.177 e. The average Bonchev–Trinajstić information content (AvgIpc) is 2.25. The highest BCUT2D eigenvalue weighted by Crippen LogP contribution is 2.39. The Morgan fingerprint density at radius 2 is 1.78 bits per heavy atom. The van der Waals surface area contributed by atoms with E-state index in [1.54, 1.807) is 5.56 Å². The molecule has 1 aliphatic carbocycles. The van der Waals surface area contributed by atoms with Gasteiger partial charge in [-0.2, -0.15) is 4.57 Å². The molecule has 1 aliphatic rings. The third kappa shape index (κ3) is 1.92. The Hall–Kier alpha value is -1.37. The molecule has 1 heteroatoms. The van der Waals surface area contributed by atoms with Gasteiger partial charge in [0, 0.05) is 31.7 Å². The molecule has 1 fully saturated rings. The molecule has 0 amide bonds. The summed E-state index contributed by atoms with van der Waals surface area (Å²) in [5.74, 6) is 0.782. The van der Waals surface area contributed by atoms with E-state index in [4.69, 9.17) is 0 Å². The van der Waals surface area contributed by atoms with Gasteiger partial charge in [0.05, 0.1) is 0 Å². The summed E-state index contributed by atoms with van der Waals surface area (Å²) in [6, 6.07) is 8.81. The minimum Gasteiger partial charge on any atom is -0.200 e. The van der Waals surface area contributed by atoms with Gasteiger partial charge in [-0.3, -0.25) is 0 Å². The first-order valence-electron chi connectivity index (χ1n) is 7.00. The van der Waals surface area contributed by atoms with Gasteiger partial charge >= 0.3 is 0 Å². The third-order valence-electron chi connectivity index (χ3n) is 4.15. The predicted molar refractivity (Wildman–Crippen MR) is 75.7 cm³/mol. The quantitative estimate of drug-likeness (QED) is 0.659. The molecule has 2 aromatic rings. The summed E-state index contributed by atoms with van der Waals surface area (Å²) in [5, 5.41) is 2.82. The molecular formula is C17H22N+. The molecule has 0 spiro atoms. The normalized spacial score (nSPS) is 16.8. The fourth-order valence-electron chi connectivity index (χ4n) is 2.71. The van der Waals surface area contributed by atoms with Crippen LogP contribution in [-0.2, 0) is 5.54 Å². The van der Waals surface area contributed by atoms with E-state index in [9.17, 15) is 0 Å². The van der Waals surface area contributed by atoms with Crippen molar-refractivity contribution in [2.75, 3.05) is 0 Å². The highest BCUT2D eigenvalue weighted by atomic mass is 15.0. The van der Waals surface area contributed by atoms with E-state index in [0.717, 1.165) is 5.92 Å². The van der Waals surface area contributed by atoms with Crippen molar-refractivity contribution < 1.29 is 4.57 Å². The molecule has 0 aliphatic heterocycles. The van der Waals surface area contributed by atoms with E-state index >= 15 is 0 Å². The summed E-state index contributed by atoms with van der Waals surface area (Å²) in [7, 11) is 0. The van der Waals surface area contributed by atoms with Gasteiger partial charge in [-0.15, -0.1) is 0 Å². The van der Waals surface area contributed by atoms with Crippen LogP contribution in [0.1, 0.15) is 51.5 Å². The SMILES string of the molecule is CC(C)(C)[n+]1cc(C2CCC2)c2ccccc2c1. The first-order valence-corrected chi connectivity index (χ1v) is 7.00. The van der Waals surface area contributed by atoms with Crippen LogP contribution >= 0.6 is 0 Å². The van der Waals surface area contributed by atoms with Gasteiger partial charge in [0.15, 0.2) is 17.9 Å². The van der Waals surface area contributed by atoms with Crippen molar-refractivity contribution in [2.24, 2.45) is 0 Å². The van der Waals surface area contributed by atoms with Crippen LogP contribution in [0.2, 0.25) is 0 Å². The maximum atomic E-state index is 2.38. The number of nitrogens with zero attached hydrogens (tertiary/aromatic N) is 1. The van der Waals surface area contributed by atoms with Crippen LogP contribution < -0.4 is 4.57 Å². The molecule has 1 aromatic heterocycles. The molecule has 1 nitrogen and oxygen atoms in total. The number of hydrogen-bond acceptors (Lipinski definition) is 0. The van der Waals surface area contributed by atoms with Crippen LogP contribution in [-0.4, -0.2) is 0 Å². The Bertz CT molecular complexity index is 574. The molecular weight excluding hydrogens is 218 g/mol. The zero-order chi connectivity index (χ0) is 12.8. The van der Waals surface area contributed by atoms with Crippen LogP contribution in [0, 0.1) is 0 Å². The van der Waals surface area contributed by atoms with Crippen molar-refractivity contribution in [2.45, 2.75) is 51.5 Å². The highest BCUT2D eigenvalue weighted by Gasteiger charge is 2.28. The number of benzene rings is 1. The number of aromatic nitrogens is 1. The fourth-order valence-corrected chi connectivity index (χ4v) is 2.71. The van der Waals surface area contributed by atoms with Gasteiger partial charge in [-0.05, 0) is 30.2 Å². The van der Waals surface area contributed by atoms with Gasteiger partial charge in [-0.25, -0.2) is 0 Å². The zero-order valence-corrected chi connectivity index (χ0v) is 11.6. The van der Waals surface area contributed by atoms with Crippen LogP contribution in [0.15, 0.2) is 36.7 Å². The van der Waals surface area contributed by atoms with Crippen molar-refractivity contribution >= 4 is 10.8 Å². The van der Waals surface area contributed by atoms with Crippen molar-refractivity contribution in [3.05, 3.63) is 42.2 Å². The van der Waals surface area contributed by atoms with Gasteiger partial charge in [0.1, 0.15) is 0 Å². The molecule has 1 heterocycles. The Balaban J connectivity index is 2.23. The molecule has 3 rings (SSSR count). The molecule has 0 saturated heterocycles. The predicted octanol–water partition coefficient (Wildman–Crippen LogP) is 4.15. The van der Waals surface area contributed by atoms with Gasteiger partial charge < -0.3 is 0 Å². The van der Waals surface area contributed by atoms with Crippen LogP contribution in [0.5, 0.6) is 0 Å². The molecule has 0 N–H and O–H groups in total. The van der Waals surface area contributed by atoms with E-state index in [1.807, 2.05) is 0 Å². The second-order valence-electron chi connectivity index (χ2n) is 6.51. The molecule has 1 saturated carbocycles. The van der Waals surface area contributed by atoms with Crippen LogP contribution in [0.25, 0.3) is 10.8 Å². The summed E-state index contributed by atoms with van der Waals surface area (Å²) >= 11 is 0. The Morgan fingerprint density at radius 1 is 1.06 bits per heavy atom. The fraction of sp³-hybridized carbons (Fsp3) is 0.471. The van der Waals surface area contributed by atoms with Gasteiger partial charge in [0.25, 0.3) is 0 Å². The van der Waals surface area contributed by atoms with Crippen LogP contribution in [0.4, 0.5) is 0 Å². The second-order valence-corrected chi connectivity index (χ2v) is 6.51. The first kappa shape index (κ1) is 11.7. The van der Waals surface area contributed by atoms with Crippen LogP contribution in [0.3, 0.4) is 0 Å². The Kier molecular flexibility index (Phi) is 2.65. The lowest BCUT2D eigenvalue weighted by Crippen LogP contribution is -2.50. The Morgan fingerprint density at radius 3 is 2.39 bits per heavy atom. The molecule has 0 atom stereocenters. The largest absolute Gasteiger partial charge is 0.200 e. The second kappa shape index (κ2) is 4.08. The summed E-state index contributed by atoms with van der Waals surface area (Å²) in [6.45, 7) is 6.81. The van der Waals surface area contributed by atoms with E-state index in [1.165, 1.54) is 30.0 Å². The summed E-state index contributed by atoms with van der Waals surface area (Å²) in [4.78, 5) is 0. The van der Waals surface area contributed by atoms with Crippen molar-refractivity contribution in [1.29, 1.82) is 0 Å². The summed E-state index contributed by atoms with van der Waals surface area (Å²) in [5.41, 5.74) is 1.71. The molecule has 0 unspecified atom stereocenters. The van der Waals surface area contributed by atoms with Crippen molar-refractivity contribution in [3.63, 3.8) is 0 Å². The number of pyridine rings is 1. The van der Waals surface area contributed by atoms with Gasteiger partial charge in [-0.1, -0.05) is 24.6 Å². The zero-order valence-electron chi connectivity index (χ0n) is 11.6. The number of rotatable bonds is 1. The lowest BCUT2D eigenvalue weighted by Gasteiger charge is -2.27. The standard InChI is InChI=1S/C17H22N/c1-17(2,3)18-11-14-7-4-5-10-15(14)16(12-18)13-8-6-9-13/h4-5,7,10-13H,6,8-9H2,1-3H3/q+1. The number of fused-ring (bicyclic) bond motifs is 1. The summed E-state index contributed by atoms with van der Waals surface area (Å²) < 4.78 is 2.38. The van der Waals surface area contributed by atoms with Gasteiger partial charge in [0.2, 0.25) is 0 Å². The molecule has 1 aromatic carbocycles. The topological polar surface area (TPSA) is 3.88 Å². The average molecular weight is 240 g/mol. The van der Waals surface area contributed by atoms with E-state index < -0.39 is 0 Å². The van der Waals surface area contributed by atoms with E-state index in [2.05, 4.69) is 62.0 Å². The van der Waals surface area contributed by atoms with Crippen molar-refractivity contribution in [1.82, 2.24) is 0 Å². The smallest absolute Gasteiger partial charge is 0.177 e. The Labute approximate surface area is 109 Å². The minimum atomic E-state index is 0.155. The number of hydrogen-bond donors (Lipinski definition) is 0. The maximum absolute atomic E-state index is 2.38. The van der Waals surface area contributed by atoms with E-state index in [0.29, 0.717) is 0 Å². The summed E-state index contributed by atoms with van der Waals surface area (Å²) in [6.07, 6.45) is 8.78. The highest BCUT2D eigenvalue weighted by molar-refractivity contribution is 5.84. The molecule has 0 radical (unpaired) electrons. The van der Waals surface area contributed by atoms with E-state index in [-0.39, 0.29) is 5.54 Å². The lowest BCUT2D eigenvalue weighted by molar-refractivity contribution is -0.753. The minimum absolute atomic E-state index is 0.155. The molecule has 94 valence electrons. The van der Waals surface area contributed by atoms with Crippen molar-refractivity contribution in [3.8, 4) is 0 Å². The molecule has 18 heavy (non-hydrogen) atoms. The third-order valence-corrected chi connectivity index (χ3v) is 4.15.